The van der Waals surface area contributed by atoms with E-state index in [1.807, 2.05) is 26.0 Å². The van der Waals surface area contributed by atoms with Crippen LogP contribution in [0.2, 0.25) is 0 Å². The van der Waals surface area contributed by atoms with Crippen LogP contribution < -0.4 is 4.74 Å². The minimum absolute atomic E-state index is 0.0316. The summed E-state index contributed by atoms with van der Waals surface area (Å²) in [5.41, 5.74) is 1.93. The van der Waals surface area contributed by atoms with Crippen LogP contribution in [0.3, 0.4) is 0 Å². The molecule has 0 aliphatic carbocycles. The lowest BCUT2D eigenvalue weighted by Crippen LogP contribution is -2.11. The maximum atomic E-state index is 11.2. The number of esters is 1. The molecule has 0 aliphatic rings. The van der Waals surface area contributed by atoms with Gasteiger partial charge in [0.25, 0.3) is 0 Å². The van der Waals surface area contributed by atoms with Gasteiger partial charge in [-0.15, -0.1) is 0 Å². The highest BCUT2D eigenvalue weighted by Crippen LogP contribution is 2.19. The minimum atomic E-state index is -0.419. The van der Waals surface area contributed by atoms with Crippen molar-refractivity contribution in [1.82, 2.24) is 0 Å². The Kier molecular flexibility index (Phi) is 4.27. The molecule has 0 heterocycles. The van der Waals surface area contributed by atoms with Crippen molar-refractivity contribution in [2.75, 3.05) is 6.61 Å². The van der Waals surface area contributed by atoms with Gasteiger partial charge in [-0.1, -0.05) is 12.1 Å². The van der Waals surface area contributed by atoms with Crippen molar-refractivity contribution in [1.29, 1.82) is 0 Å². The van der Waals surface area contributed by atoms with Crippen LogP contribution in [0.25, 0.3) is 0 Å². The summed E-state index contributed by atoms with van der Waals surface area (Å²) in [4.78, 5) is 15.0. The van der Waals surface area contributed by atoms with E-state index in [0.717, 1.165) is 11.1 Å². The molecule has 1 rings (SSSR count). The summed E-state index contributed by atoms with van der Waals surface area (Å²) in [6.07, 6.45) is 0.0316. The van der Waals surface area contributed by atoms with Crippen LogP contribution in [0.5, 0.6) is 5.75 Å². The van der Waals surface area contributed by atoms with Gasteiger partial charge in [0.05, 0.1) is 13.0 Å². The van der Waals surface area contributed by atoms with Gasteiger partial charge in [0, 0.05) is 0 Å². The Morgan fingerprint density at radius 2 is 2.13 bits per heavy atom. The van der Waals surface area contributed by atoms with Crippen LogP contribution in [0, 0.1) is 13.8 Å². The Morgan fingerprint density at radius 1 is 1.40 bits per heavy atom. The molecule has 15 heavy (non-hydrogen) atoms. The number of hydrogen-bond donors (Lipinski definition) is 1. The number of ether oxygens (including phenoxy) is 1. The van der Waals surface area contributed by atoms with E-state index >= 15 is 0 Å². The molecule has 4 nitrogen and oxygen atoms in total. The molecule has 0 radical (unpaired) electrons. The van der Waals surface area contributed by atoms with Crippen LogP contribution in [0.4, 0.5) is 0 Å². The summed E-state index contributed by atoms with van der Waals surface area (Å²) in [5, 5.41) is 8.07. The first-order chi connectivity index (χ1) is 7.13. The molecule has 4 heteroatoms. The molecular formula is C11H14O4. The van der Waals surface area contributed by atoms with Gasteiger partial charge >= 0.3 is 5.97 Å². The first kappa shape index (κ1) is 11.7. The van der Waals surface area contributed by atoms with Crippen molar-refractivity contribution in [2.45, 2.75) is 20.3 Å². The molecule has 82 valence electrons. The molecule has 1 N–H and O–H groups in total. The fourth-order valence-corrected chi connectivity index (χ4v) is 1.12. The molecular weight excluding hydrogens is 196 g/mol. The maximum Gasteiger partial charge on any atom is 0.313 e. The molecule has 0 atom stereocenters. The van der Waals surface area contributed by atoms with Crippen molar-refractivity contribution >= 4 is 5.97 Å². The Hall–Kier alpha value is -1.39. The fraction of sp³-hybridized carbons (Fsp3) is 0.364. The third-order valence-corrected chi connectivity index (χ3v) is 1.96. The van der Waals surface area contributed by atoms with Gasteiger partial charge < -0.3 is 4.74 Å². The summed E-state index contributed by atoms with van der Waals surface area (Å²) in [5.74, 6) is 0.135. The zero-order valence-electron chi connectivity index (χ0n) is 8.82. The molecule has 0 saturated heterocycles. The van der Waals surface area contributed by atoms with E-state index in [-0.39, 0.29) is 13.0 Å². The first-order valence-corrected chi connectivity index (χ1v) is 4.68. The van der Waals surface area contributed by atoms with Gasteiger partial charge in [0.15, 0.2) is 0 Å². The van der Waals surface area contributed by atoms with Gasteiger partial charge in [-0.2, -0.15) is 0 Å². The molecule has 1 aromatic carbocycles. The van der Waals surface area contributed by atoms with E-state index < -0.39 is 5.97 Å². The van der Waals surface area contributed by atoms with E-state index in [0.29, 0.717) is 5.75 Å². The molecule has 1 aromatic rings. The average Bonchev–Trinajstić information content (AvgIpc) is 2.20. The Balaban J connectivity index is 2.63. The second-order valence-electron chi connectivity index (χ2n) is 3.33. The summed E-state index contributed by atoms with van der Waals surface area (Å²) >= 11 is 0. The van der Waals surface area contributed by atoms with Crippen molar-refractivity contribution in [3.05, 3.63) is 29.3 Å². The maximum absolute atomic E-state index is 11.2. The van der Waals surface area contributed by atoms with E-state index in [4.69, 9.17) is 9.99 Å². The summed E-state index contributed by atoms with van der Waals surface area (Å²) in [6, 6.07) is 5.64. The van der Waals surface area contributed by atoms with Crippen molar-refractivity contribution in [3.8, 4) is 5.75 Å². The second kappa shape index (κ2) is 5.48. The zero-order valence-corrected chi connectivity index (χ0v) is 8.82. The standard InChI is InChI=1S/C11H14O4/c1-8-3-4-9(2)10(7-8)15-11(12)5-6-14-13/h3-4,7,13H,5-6H2,1-2H3. The molecule has 0 aromatic heterocycles. The fourth-order valence-electron chi connectivity index (χ4n) is 1.12. The van der Waals surface area contributed by atoms with Crippen molar-refractivity contribution in [2.24, 2.45) is 0 Å². The Morgan fingerprint density at radius 3 is 2.80 bits per heavy atom. The molecule has 0 amide bonds. The van der Waals surface area contributed by atoms with Gasteiger partial charge in [-0.3, -0.25) is 10.1 Å². The quantitative estimate of drug-likeness (QED) is 0.358. The number of rotatable bonds is 4. The van der Waals surface area contributed by atoms with Gasteiger partial charge in [-0.05, 0) is 31.0 Å². The minimum Gasteiger partial charge on any atom is -0.426 e. The van der Waals surface area contributed by atoms with Crippen LogP contribution in [0.1, 0.15) is 17.5 Å². The zero-order chi connectivity index (χ0) is 11.3. The number of benzene rings is 1. The smallest absolute Gasteiger partial charge is 0.313 e. The molecule has 0 fully saturated rings. The van der Waals surface area contributed by atoms with Crippen LogP contribution >= 0.6 is 0 Å². The molecule has 0 spiro atoms. The summed E-state index contributed by atoms with van der Waals surface area (Å²) < 4.78 is 5.10. The Bertz CT molecular complexity index is 346. The molecule has 0 bridgehead atoms. The lowest BCUT2D eigenvalue weighted by molar-refractivity contribution is -0.242. The predicted octanol–water partition coefficient (Wildman–Crippen LogP) is 2.09. The second-order valence-corrected chi connectivity index (χ2v) is 3.33. The highest BCUT2D eigenvalue weighted by atomic mass is 17.1. The van der Waals surface area contributed by atoms with Gasteiger partial charge in [-0.25, -0.2) is 4.89 Å². The van der Waals surface area contributed by atoms with Gasteiger partial charge in [0.1, 0.15) is 5.75 Å². The number of hydrogen-bond acceptors (Lipinski definition) is 4. The van der Waals surface area contributed by atoms with E-state index in [9.17, 15) is 4.79 Å². The molecule has 0 unspecified atom stereocenters. The normalized spacial score (nSPS) is 10.1. The van der Waals surface area contributed by atoms with Crippen LogP contribution in [0.15, 0.2) is 18.2 Å². The van der Waals surface area contributed by atoms with E-state index in [1.54, 1.807) is 6.07 Å². The highest BCUT2D eigenvalue weighted by molar-refractivity contribution is 5.72. The molecule has 0 saturated carbocycles. The average molecular weight is 210 g/mol. The van der Waals surface area contributed by atoms with Gasteiger partial charge in [0.2, 0.25) is 0 Å². The van der Waals surface area contributed by atoms with Crippen molar-refractivity contribution < 1.29 is 19.7 Å². The van der Waals surface area contributed by atoms with Crippen molar-refractivity contribution in [3.63, 3.8) is 0 Å². The highest BCUT2D eigenvalue weighted by Gasteiger charge is 2.07. The van der Waals surface area contributed by atoms with Crippen LogP contribution in [-0.2, 0) is 9.68 Å². The number of carbonyl (C=O) groups excluding carboxylic acids is 1. The summed E-state index contributed by atoms with van der Waals surface area (Å²) in [7, 11) is 0. The lowest BCUT2D eigenvalue weighted by atomic mass is 10.1. The third-order valence-electron chi connectivity index (χ3n) is 1.96. The monoisotopic (exact) mass is 210 g/mol. The largest absolute Gasteiger partial charge is 0.426 e. The van der Waals surface area contributed by atoms with Crippen LogP contribution in [-0.4, -0.2) is 17.8 Å². The third kappa shape index (κ3) is 3.69. The lowest BCUT2D eigenvalue weighted by Gasteiger charge is -2.07. The van der Waals surface area contributed by atoms with E-state index in [1.165, 1.54) is 0 Å². The van der Waals surface area contributed by atoms with E-state index in [2.05, 4.69) is 4.89 Å². The summed E-state index contributed by atoms with van der Waals surface area (Å²) in [6.45, 7) is 3.74. The SMILES string of the molecule is Cc1ccc(C)c(OC(=O)CCOO)c1. The number of carbonyl (C=O) groups is 1. The topological polar surface area (TPSA) is 55.8 Å². The molecule has 0 aliphatic heterocycles. The Labute approximate surface area is 88.4 Å². The first-order valence-electron chi connectivity index (χ1n) is 4.68. The number of aryl methyl sites for hydroxylation is 2. The predicted molar refractivity (Wildman–Crippen MR) is 54.7 cm³/mol.